The van der Waals surface area contributed by atoms with E-state index < -0.39 is 41.8 Å². The number of nitrogens with two attached hydrogens (primary N) is 1. The second kappa shape index (κ2) is 11.9. The lowest BCUT2D eigenvalue weighted by Crippen LogP contribution is -2.55. The SMILES string of the molecule is CC(C)(C)Oc1cc(C(=O)CC(N)=O)ccc1C1=NC(c2ccc[nH]2)C(c2ccc(Cl)cc2)N1C(=O)N1CCNC(=O)C1. The summed E-state index contributed by atoms with van der Waals surface area (Å²) < 4.78 is 6.32. The first-order valence-corrected chi connectivity index (χ1v) is 14.3. The van der Waals surface area contributed by atoms with Crippen LogP contribution in [0.15, 0.2) is 65.8 Å². The molecule has 0 spiro atoms. The predicted molar refractivity (Wildman–Crippen MR) is 161 cm³/mol. The Bertz CT molecular complexity index is 1580. The molecule has 11 nitrogen and oxygen atoms in total. The first kappa shape index (κ1) is 29.8. The van der Waals surface area contributed by atoms with E-state index in [1.165, 1.54) is 4.90 Å². The van der Waals surface area contributed by atoms with E-state index in [2.05, 4.69) is 10.3 Å². The van der Waals surface area contributed by atoms with Gasteiger partial charge in [0.05, 0.1) is 18.0 Å². The highest BCUT2D eigenvalue weighted by molar-refractivity contribution is 6.30. The molecule has 0 bridgehead atoms. The Hall–Kier alpha value is -4.64. The van der Waals surface area contributed by atoms with Crippen molar-refractivity contribution >= 4 is 41.1 Å². The number of piperazine rings is 1. The monoisotopic (exact) mass is 604 g/mol. The van der Waals surface area contributed by atoms with E-state index in [0.717, 1.165) is 11.3 Å². The van der Waals surface area contributed by atoms with Crippen molar-refractivity contribution in [2.75, 3.05) is 19.6 Å². The van der Waals surface area contributed by atoms with Crippen LogP contribution in [0.5, 0.6) is 5.75 Å². The summed E-state index contributed by atoms with van der Waals surface area (Å²) in [7, 11) is 0. The number of nitrogens with zero attached hydrogens (tertiary/aromatic N) is 3. The van der Waals surface area contributed by atoms with Crippen LogP contribution >= 0.6 is 11.6 Å². The Balaban J connectivity index is 1.69. The number of halogens is 1. The Morgan fingerprint density at radius 3 is 2.49 bits per heavy atom. The van der Waals surface area contributed by atoms with Gasteiger partial charge in [0.2, 0.25) is 11.8 Å². The lowest BCUT2D eigenvalue weighted by molar-refractivity contribution is -0.123. The zero-order valence-electron chi connectivity index (χ0n) is 24.1. The minimum Gasteiger partial charge on any atom is -0.487 e. The highest BCUT2D eigenvalue weighted by Crippen LogP contribution is 2.45. The number of carbonyl (C=O) groups excluding carboxylic acids is 4. The Labute approximate surface area is 254 Å². The number of Topliss-reactive ketones (excluding diaryl/α,β-unsaturated/α-hetero) is 1. The third kappa shape index (κ3) is 6.56. The topological polar surface area (TPSA) is 150 Å². The Kier molecular flexibility index (Phi) is 8.27. The molecule has 224 valence electrons. The molecule has 1 saturated heterocycles. The number of amidine groups is 1. The number of amides is 4. The van der Waals surface area contributed by atoms with Crippen LogP contribution in [0.1, 0.15) is 66.5 Å². The van der Waals surface area contributed by atoms with Gasteiger partial charge in [-0.3, -0.25) is 24.3 Å². The maximum absolute atomic E-state index is 14.4. The summed E-state index contributed by atoms with van der Waals surface area (Å²) in [5.74, 6) is -0.840. The number of hydrogen-bond acceptors (Lipinski definition) is 6. The third-order valence-electron chi connectivity index (χ3n) is 7.03. The van der Waals surface area contributed by atoms with Gasteiger partial charge in [0.15, 0.2) is 5.78 Å². The van der Waals surface area contributed by atoms with Crippen LogP contribution in [0.25, 0.3) is 0 Å². The van der Waals surface area contributed by atoms with Gasteiger partial charge in [-0.15, -0.1) is 0 Å². The van der Waals surface area contributed by atoms with Crippen molar-refractivity contribution in [1.82, 2.24) is 20.1 Å². The highest BCUT2D eigenvalue weighted by Gasteiger charge is 2.45. The maximum Gasteiger partial charge on any atom is 0.326 e. The summed E-state index contributed by atoms with van der Waals surface area (Å²) in [6.45, 7) is 6.12. The number of nitrogens with one attached hydrogen (secondary N) is 2. The molecule has 0 saturated carbocycles. The molecule has 1 aromatic heterocycles. The molecule has 12 heteroatoms. The fourth-order valence-electron chi connectivity index (χ4n) is 5.21. The first-order chi connectivity index (χ1) is 20.4. The largest absolute Gasteiger partial charge is 0.487 e. The fraction of sp³-hybridized carbons (Fsp3) is 0.323. The van der Waals surface area contributed by atoms with Crippen LogP contribution in [0.3, 0.4) is 0 Å². The van der Waals surface area contributed by atoms with Gasteiger partial charge in [-0.25, -0.2) is 4.79 Å². The van der Waals surface area contributed by atoms with Crippen LogP contribution in [-0.2, 0) is 9.59 Å². The number of H-pyrrole nitrogens is 1. The van der Waals surface area contributed by atoms with Crippen molar-refractivity contribution in [3.05, 3.63) is 88.2 Å². The molecule has 2 aromatic carbocycles. The average molecular weight is 605 g/mol. The van der Waals surface area contributed by atoms with Crippen molar-refractivity contribution in [3.8, 4) is 5.75 Å². The van der Waals surface area contributed by atoms with E-state index in [0.29, 0.717) is 35.3 Å². The minimum absolute atomic E-state index is 0.102. The average Bonchev–Trinajstić information content (AvgIpc) is 3.60. The van der Waals surface area contributed by atoms with Crippen LogP contribution in [0.2, 0.25) is 5.02 Å². The van der Waals surface area contributed by atoms with Crippen LogP contribution in [0, 0.1) is 0 Å². The van der Waals surface area contributed by atoms with E-state index >= 15 is 0 Å². The molecule has 2 atom stereocenters. The lowest BCUT2D eigenvalue weighted by atomic mass is 9.97. The summed E-state index contributed by atoms with van der Waals surface area (Å²) in [5, 5.41) is 3.30. The molecular formula is C31H33ClN6O5. The second-order valence-corrected chi connectivity index (χ2v) is 11.9. The number of aromatic amines is 1. The van der Waals surface area contributed by atoms with E-state index in [-0.39, 0.29) is 18.0 Å². The quantitative estimate of drug-likeness (QED) is 0.275. The van der Waals surface area contributed by atoms with Gasteiger partial charge in [0, 0.05) is 35.6 Å². The Morgan fingerprint density at radius 2 is 1.86 bits per heavy atom. The number of ketones is 1. The van der Waals surface area contributed by atoms with Crippen LogP contribution in [-0.4, -0.2) is 69.5 Å². The van der Waals surface area contributed by atoms with Crippen LogP contribution in [0.4, 0.5) is 4.79 Å². The molecule has 1 fully saturated rings. The van der Waals surface area contributed by atoms with Crippen molar-refractivity contribution in [3.63, 3.8) is 0 Å². The molecule has 0 aliphatic carbocycles. The lowest BCUT2D eigenvalue weighted by Gasteiger charge is -2.36. The van der Waals surface area contributed by atoms with Gasteiger partial charge < -0.3 is 25.7 Å². The first-order valence-electron chi connectivity index (χ1n) is 13.9. The molecule has 3 aromatic rings. The predicted octanol–water partition coefficient (Wildman–Crippen LogP) is 4.00. The second-order valence-electron chi connectivity index (χ2n) is 11.4. The zero-order valence-corrected chi connectivity index (χ0v) is 24.9. The van der Waals surface area contributed by atoms with Crippen molar-refractivity contribution in [1.29, 1.82) is 0 Å². The smallest absolute Gasteiger partial charge is 0.326 e. The molecule has 3 heterocycles. The van der Waals surface area contributed by atoms with Crippen molar-refractivity contribution < 1.29 is 23.9 Å². The van der Waals surface area contributed by atoms with Gasteiger partial charge in [0.25, 0.3) is 0 Å². The van der Waals surface area contributed by atoms with Gasteiger partial charge in [-0.1, -0.05) is 29.8 Å². The summed E-state index contributed by atoms with van der Waals surface area (Å²) in [6, 6.07) is 14.2. The Morgan fingerprint density at radius 1 is 1.12 bits per heavy atom. The number of primary amides is 1. The number of carbonyl (C=O) groups is 4. The highest BCUT2D eigenvalue weighted by atomic mass is 35.5. The van der Waals surface area contributed by atoms with Crippen molar-refractivity contribution in [2.45, 2.75) is 44.9 Å². The van der Waals surface area contributed by atoms with Gasteiger partial charge in [0.1, 0.15) is 29.8 Å². The number of ether oxygens (including phenoxy) is 1. The number of rotatable bonds is 7. The minimum atomic E-state index is -0.741. The molecule has 4 N–H and O–H groups in total. The number of benzene rings is 2. The standard InChI is InChI=1S/C31H33ClN6O5/c1-31(2,3)43-24-15-19(23(39)16-25(33)40)8-11-21(24)29-36-27(22-5-4-12-34-22)28(18-6-9-20(32)10-7-18)38(29)30(42)37-14-13-35-26(41)17-37/h4-12,15,27-28,34H,13-14,16-17H2,1-3H3,(H2,33,40)(H,35,41). The molecule has 5 rings (SSSR count). The van der Waals surface area contributed by atoms with E-state index in [9.17, 15) is 19.2 Å². The molecule has 4 amide bonds. The fourth-order valence-corrected chi connectivity index (χ4v) is 5.34. The number of aliphatic imine (C=N–C) groups is 1. The summed E-state index contributed by atoms with van der Waals surface area (Å²) in [4.78, 5) is 62.4. The summed E-state index contributed by atoms with van der Waals surface area (Å²) >= 11 is 6.23. The zero-order chi connectivity index (χ0) is 30.9. The molecule has 2 unspecified atom stereocenters. The molecule has 2 aliphatic rings. The van der Waals surface area contributed by atoms with Gasteiger partial charge >= 0.3 is 6.03 Å². The van der Waals surface area contributed by atoms with Gasteiger partial charge in [-0.2, -0.15) is 0 Å². The molecule has 0 radical (unpaired) electrons. The third-order valence-corrected chi connectivity index (χ3v) is 7.28. The number of hydrogen-bond donors (Lipinski definition) is 3. The van der Waals surface area contributed by atoms with E-state index in [1.807, 2.05) is 45.0 Å². The van der Waals surface area contributed by atoms with Gasteiger partial charge in [-0.05, 0) is 62.7 Å². The summed E-state index contributed by atoms with van der Waals surface area (Å²) in [6.07, 6.45) is 1.33. The molecule has 43 heavy (non-hydrogen) atoms. The summed E-state index contributed by atoms with van der Waals surface area (Å²) in [5.41, 5.74) is 6.85. The molecular weight excluding hydrogens is 572 g/mol. The van der Waals surface area contributed by atoms with Crippen molar-refractivity contribution in [2.24, 2.45) is 10.7 Å². The number of urea groups is 1. The number of aromatic nitrogens is 1. The normalized spacial score (nSPS) is 18.7. The van der Waals surface area contributed by atoms with Crippen LogP contribution < -0.4 is 15.8 Å². The molecule has 2 aliphatic heterocycles. The van der Waals surface area contributed by atoms with E-state index in [4.69, 9.17) is 27.1 Å². The van der Waals surface area contributed by atoms with E-state index in [1.54, 1.807) is 41.4 Å². The maximum atomic E-state index is 14.4.